The van der Waals surface area contributed by atoms with Crippen LogP contribution in [0.2, 0.25) is 0 Å². The largest absolute Gasteiger partial charge is 0.488 e. The summed E-state index contributed by atoms with van der Waals surface area (Å²) in [5, 5.41) is 13.7. The molecule has 0 aromatic carbocycles. The van der Waals surface area contributed by atoms with E-state index in [0.29, 0.717) is 29.6 Å². The molecule has 0 amide bonds. The zero-order valence-corrected chi connectivity index (χ0v) is 14.1. The van der Waals surface area contributed by atoms with Gasteiger partial charge >= 0.3 is 6.18 Å². The molecular formula is C17H17F3N4O2. The summed E-state index contributed by atoms with van der Waals surface area (Å²) >= 11 is 0. The molecule has 6 nitrogen and oxygen atoms in total. The molecule has 3 rings (SSSR count). The van der Waals surface area contributed by atoms with E-state index in [1.54, 1.807) is 41.9 Å². The fraction of sp³-hybridized carbons (Fsp3) is 0.294. The number of nitrogens with zero attached hydrogens (tertiary/aromatic N) is 3. The van der Waals surface area contributed by atoms with Gasteiger partial charge in [-0.15, -0.1) is 0 Å². The molecule has 0 spiro atoms. The molecule has 1 unspecified atom stereocenters. The number of hydrogen-bond acceptors (Lipinski definition) is 5. The first kappa shape index (κ1) is 18.0. The molecule has 1 atom stereocenters. The number of ether oxygens (including phenoxy) is 1. The van der Waals surface area contributed by atoms with Crippen molar-refractivity contribution in [2.45, 2.75) is 25.6 Å². The van der Waals surface area contributed by atoms with Crippen LogP contribution in [0.3, 0.4) is 0 Å². The van der Waals surface area contributed by atoms with E-state index >= 15 is 0 Å². The van der Waals surface area contributed by atoms with Crippen LogP contribution in [-0.2, 0) is 0 Å². The molecule has 3 aromatic heterocycles. The number of fused-ring (bicyclic) bond motifs is 1. The van der Waals surface area contributed by atoms with Gasteiger partial charge in [0.1, 0.15) is 18.2 Å². The van der Waals surface area contributed by atoms with Gasteiger partial charge in [0.05, 0.1) is 11.7 Å². The molecule has 3 N–H and O–H groups in total. The first-order chi connectivity index (χ1) is 12.1. The number of aromatic nitrogens is 3. The van der Waals surface area contributed by atoms with Crippen LogP contribution < -0.4 is 10.5 Å². The van der Waals surface area contributed by atoms with Gasteiger partial charge in [-0.05, 0) is 37.6 Å². The molecule has 138 valence electrons. The predicted octanol–water partition coefficient (Wildman–Crippen LogP) is 2.98. The minimum atomic E-state index is -4.81. The maximum absolute atomic E-state index is 12.8. The second-order valence-corrected chi connectivity index (χ2v) is 6.24. The molecule has 0 aliphatic rings. The molecule has 0 saturated heterocycles. The third-order valence-corrected chi connectivity index (χ3v) is 3.92. The molecule has 26 heavy (non-hydrogen) atoms. The Hall–Kier alpha value is -2.81. The van der Waals surface area contributed by atoms with Gasteiger partial charge in [0, 0.05) is 23.5 Å². The normalized spacial score (nSPS) is 14.4. The van der Waals surface area contributed by atoms with E-state index in [4.69, 9.17) is 10.5 Å². The third-order valence-electron chi connectivity index (χ3n) is 3.92. The summed E-state index contributed by atoms with van der Waals surface area (Å²) in [6.45, 7) is 1.47. The molecular weight excluding hydrogens is 349 g/mol. The quantitative estimate of drug-likeness (QED) is 0.741. The molecule has 0 aliphatic heterocycles. The van der Waals surface area contributed by atoms with Gasteiger partial charge in [0.2, 0.25) is 0 Å². The van der Waals surface area contributed by atoms with Crippen LogP contribution in [0.1, 0.15) is 12.6 Å². The first-order valence-corrected chi connectivity index (χ1v) is 7.71. The van der Waals surface area contributed by atoms with Crippen molar-refractivity contribution >= 4 is 11.3 Å². The van der Waals surface area contributed by atoms with Crippen molar-refractivity contribution in [1.82, 2.24) is 14.6 Å². The maximum atomic E-state index is 12.8. The molecule has 9 heteroatoms. The van der Waals surface area contributed by atoms with E-state index in [0.717, 1.165) is 5.52 Å². The highest BCUT2D eigenvalue weighted by Crippen LogP contribution is 2.34. The van der Waals surface area contributed by atoms with Crippen LogP contribution in [0.25, 0.3) is 16.6 Å². The van der Waals surface area contributed by atoms with Crippen molar-refractivity contribution < 1.29 is 23.0 Å². The van der Waals surface area contributed by atoms with Crippen LogP contribution in [0.4, 0.5) is 19.0 Å². The van der Waals surface area contributed by atoms with Crippen LogP contribution >= 0.6 is 0 Å². The molecule has 3 heterocycles. The lowest BCUT2D eigenvalue weighted by Crippen LogP contribution is -2.47. The Labute approximate surface area is 147 Å². The number of halogens is 3. The molecule has 0 bridgehead atoms. The highest BCUT2D eigenvalue weighted by atomic mass is 19.4. The van der Waals surface area contributed by atoms with Crippen molar-refractivity contribution in [1.29, 1.82) is 0 Å². The Morgan fingerprint density at radius 3 is 2.69 bits per heavy atom. The van der Waals surface area contributed by atoms with E-state index in [-0.39, 0.29) is 5.75 Å². The number of nitrogen functional groups attached to an aromatic ring is 1. The summed E-state index contributed by atoms with van der Waals surface area (Å²) in [4.78, 5) is 4.07. The van der Waals surface area contributed by atoms with E-state index in [1.165, 1.54) is 6.20 Å². The van der Waals surface area contributed by atoms with Crippen molar-refractivity contribution in [2.24, 2.45) is 0 Å². The lowest BCUT2D eigenvalue weighted by Gasteiger charge is -2.26. The van der Waals surface area contributed by atoms with Gasteiger partial charge in [0.15, 0.2) is 5.60 Å². The minimum absolute atomic E-state index is 0.136. The van der Waals surface area contributed by atoms with Crippen LogP contribution in [0, 0.1) is 6.92 Å². The number of hydrogen-bond donors (Lipinski definition) is 2. The zero-order chi connectivity index (χ0) is 19.1. The number of rotatable bonds is 4. The van der Waals surface area contributed by atoms with Crippen molar-refractivity contribution in [2.75, 3.05) is 12.3 Å². The van der Waals surface area contributed by atoms with Gasteiger partial charge < -0.3 is 15.6 Å². The van der Waals surface area contributed by atoms with Crippen LogP contribution in [-0.4, -0.2) is 38.1 Å². The molecule has 0 radical (unpaired) electrons. The Kier molecular flexibility index (Phi) is 4.27. The summed E-state index contributed by atoms with van der Waals surface area (Å²) in [6, 6.07) is 6.89. The molecule has 3 aromatic rings. The lowest BCUT2D eigenvalue weighted by molar-refractivity contribution is -0.260. The Bertz CT molecular complexity index is 951. The van der Waals surface area contributed by atoms with Crippen molar-refractivity contribution in [3.05, 3.63) is 42.4 Å². The van der Waals surface area contributed by atoms with Gasteiger partial charge in [0.25, 0.3) is 0 Å². The first-order valence-electron chi connectivity index (χ1n) is 7.71. The molecule has 0 fully saturated rings. The Morgan fingerprint density at radius 2 is 2.00 bits per heavy atom. The maximum Gasteiger partial charge on any atom is 0.420 e. The SMILES string of the molecule is Cc1cc(-c2ccn3nc(N)cc3c2)c(OCC(C)(O)C(F)(F)F)cn1. The van der Waals surface area contributed by atoms with Gasteiger partial charge in [-0.3, -0.25) is 4.98 Å². The number of aliphatic hydroxyl groups is 1. The number of anilines is 1. The smallest absolute Gasteiger partial charge is 0.420 e. The predicted molar refractivity (Wildman–Crippen MR) is 89.7 cm³/mol. The fourth-order valence-corrected chi connectivity index (χ4v) is 2.37. The van der Waals surface area contributed by atoms with Crippen LogP contribution in [0.15, 0.2) is 36.7 Å². The number of pyridine rings is 2. The monoisotopic (exact) mass is 366 g/mol. The number of alkyl halides is 3. The van der Waals surface area contributed by atoms with E-state index < -0.39 is 18.4 Å². The van der Waals surface area contributed by atoms with E-state index in [2.05, 4.69) is 10.1 Å². The second-order valence-electron chi connectivity index (χ2n) is 6.24. The third kappa shape index (κ3) is 3.43. The van der Waals surface area contributed by atoms with Gasteiger partial charge in [-0.1, -0.05) is 0 Å². The standard InChI is InChI=1S/C17H17F3N4O2/c1-10-5-13(11-3-4-24-12(6-11)7-15(21)23-24)14(8-22-10)26-9-16(2,25)17(18,19)20/h3-8,25H,9H2,1-2H3,(H2,21,23). The zero-order valence-electron chi connectivity index (χ0n) is 14.1. The van der Waals surface area contributed by atoms with Gasteiger partial charge in [-0.25, -0.2) is 4.52 Å². The topological polar surface area (TPSA) is 85.7 Å². The number of nitrogens with two attached hydrogens (primary N) is 1. The van der Waals surface area contributed by atoms with E-state index in [9.17, 15) is 18.3 Å². The van der Waals surface area contributed by atoms with Crippen LogP contribution in [0.5, 0.6) is 5.75 Å². The van der Waals surface area contributed by atoms with Gasteiger partial charge in [-0.2, -0.15) is 18.3 Å². The lowest BCUT2D eigenvalue weighted by atomic mass is 10.1. The van der Waals surface area contributed by atoms with E-state index in [1.807, 2.05) is 0 Å². The summed E-state index contributed by atoms with van der Waals surface area (Å²) in [7, 11) is 0. The van der Waals surface area contributed by atoms with Crippen molar-refractivity contribution in [3.8, 4) is 16.9 Å². The van der Waals surface area contributed by atoms with Crippen molar-refractivity contribution in [3.63, 3.8) is 0 Å². The highest BCUT2D eigenvalue weighted by molar-refractivity contribution is 5.74. The summed E-state index contributed by atoms with van der Waals surface area (Å²) < 4.78 is 45.4. The number of aryl methyl sites for hydroxylation is 1. The molecule has 0 saturated carbocycles. The molecule has 0 aliphatic carbocycles. The Morgan fingerprint density at radius 1 is 1.27 bits per heavy atom. The Balaban J connectivity index is 1.97. The minimum Gasteiger partial charge on any atom is -0.488 e. The fourth-order valence-electron chi connectivity index (χ4n) is 2.37. The second kappa shape index (κ2) is 6.17. The summed E-state index contributed by atoms with van der Waals surface area (Å²) in [5.41, 5.74) is 5.34. The average molecular weight is 366 g/mol. The average Bonchev–Trinajstić information content (AvgIpc) is 2.91. The summed E-state index contributed by atoms with van der Waals surface area (Å²) in [6.07, 6.45) is -1.78. The summed E-state index contributed by atoms with van der Waals surface area (Å²) in [5.74, 6) is 0.489. The highest BCUT2D eigenvalue weighted by Gasteiger charge is 2.50.